The quantitative estimate of drug-likeness (QED) is 0.719. The Balaban J connectivity index is 0.000000203. The van der Waals surface area contributed by atoms with Gasteiger partial charge in [0, 0.05) is 24.4 Å². The lowest BCUT2D eigenvalue weighted by Gasteiger charge is -2.03. The van der Waals surface area contributed by atoms with Crippen molar-refractivity contribution < 1.29 is 23.1 Å². The van der Waals surface area contributed by atoms with E-state index in [1.165, 1.54) is 6.42 Å². The summed E-state index contributed by atoms with van der Waals surface area (Å²) in [5, 5.41) is 7.12. The molecule has 1 saturated carbocycles. The van der Waals surface area contributed by atoms with Crippen LogP contribution in [0.4, 0.5) is 13.2 Å². The number of aliphatic carboxylic acids is 1. The number of nitrogens with zero attached hydrogens (tertiary/aromatic N) is 1. The number of hydrogen-bond donors (Lipinski definition) is 3. The van der Waals surface area contributed by atoms with E-state index in [4.69, 9.17) is 15.6 Å². The fourth-order valence-corrected chi connectivity index (χ4v) is 1.77. The van der Waals surface area contributed by atoms with E-state index in [9.17, 15) is 13.2 Å². The summed E-state index contributed by atoms with van der Waals surface area (Å²) in [5.74, 6) is -1.06. The zero-order valence-corrected chi connectivity index (χ0v) is 9.44. The predicted molar refractivity (Wildman–Crippen MR) is 56.8 cm³/mol. The van der Waals surface area contributed by atoms with E-state index in [0.717, 1.165) is 18.7 Å². The molecule has 0 amide bonds. The van der Waals surface area contributed by atoms with Gasteiger partial charge in [-0.3, -0.25) is 0 Å². The highest BCUT2D eigenvalue weighted by Crippen LogP contribution is 2.31. The Morgan fingerprint density at radius 1 is 1.50 bits per heavy atom. The van der Waals surface area contributed by atoms with Gasteiger partial charge in [-0.25, -0.2) is 9.78 Å². The van der Waals surface area contributed by atoms with Crippen LogP contribution in [-0.2, 0) is 4.79 Å². The van der Waals surface area contributed by atoms with Gasteiger partial charge in [0.05, 0.1) is 0 Å². The van der Waals surface area contributed by atoms with Crippen molar-refractivity contribution in [3.63, 3.8) is 0 Å². The van der Waals surface area contributed by atoms with Gasteiger partial charge >= 0.3 is 12.1 Å². The number of alkyl halides is 3. The highest BCUT2D eigenvalue weighted by molar-refractivity contribution is 5.73. The second-order valence-electron chi connectivity index (χ2n) is 4.05. The zero-order chi connectivity index (χ0) is 13.8. The molecule has 0 aromatic carbocycles. The molecular weight excluding hydrogens is 251 g/mol. The van der Waals surface area contributed by atoms with Gasteiger partial charge < -0.3 is 15.8 Å². The fourth-order valence-electron chi connectivity index (χ4n) is 1.77. The predicted octanol–water partition coefficient (Wildman–Crippen LogP) is 1.64. The Bertz CT molecular complexity index is 378. The van der Waals surface area contributed by atoms with E-state index >= 15 is 0 Å². The second kappa shape index (κ2) is 5.85. The number of H-pyrrole nitrogens is 1. The molecule has 1 aliphatic rings. The van der Waals surface area contributed by atoms with Crippen LogP contribution in [0.5, 0.6) is 0 Å². The van der Waals surface area contributed by atoms with Gasteiger partial charge in [-0.15, -0.1) is 0 Å². The summed E-state index contributed by atoms with van der Waals surface area (Å²) in [6.07, 6.45) is 2.02. The SMILES string of the molecule is N[C@H]1CC[C@H](c2ncc[nH]2)C1.O=C(O)C(F)(F)F. The molecule has 5 nitrogen and oxygen atoms in total. The third-order valence-corrected chi connectivity index (χ3v) is 2.62. The maximum absolute atomic E-state index is 10.6. The lowest BCUT2D eigenvalue weighted by atomic mass is 10.1. The molecule has 18 heavy (non-hydrogen) atoms. The fraction of sp³-hybridized carbons (Fsp3) is 0.600. The number of nitrogens with two attached hydrogens (primary N) is 1. The Morgan fingerprint density at radius 3 is 2.44 bits per heavy atom. The molecule has 0 spiro atoms. The minimum atomic E-state index is -5.08. The van der Waals surface area contributed by atoms with Gasteiger partial charge in [-0.05, 0) is 19.3 Å². The van der Waals surface area contributed by atoms with Gasteiger partial charge in [-0.1, -0.05) is 0 Å². The smallest absolute Gasteiger partial charge is 0.475 e. The molecule has 2 rings (SSSR count). The van der Waals surface area contributed by atoms with E-state index in [-0.39, 0.29) is 0 Å². The molecule has 0 bridgehead atoms. The number of hydrogen-bond acceptors (Lipinski definition) is 3. The molecule has 8 heteroatoms. The molecule has 2 atom stereocenters. The molecule has 0 unspecified atom stereocenters. The Labute approximate surface area is 101 Å². The van der Waals surface area contributed by atoms with E-state index in [1.807, 2.05) is 6.20 Å². The normalized spacial score (nSPS) is 23.3. The van der Waals surface area contributed by atoms with Crippen molar-refractivity contribution in [2.75, 3.05) is 0 Å². The number of aromatic nitrogens is 2. The first-order valence-corrected chi connectivity index (χ1v) is 5.35. The first-order valence-electron chi connectivity index (χ1n) is 5.35. The molecule has 0 aliphatic heterocycles. The number of carbonyl (C=O) groups is 1. The number of aromatic amines is 1. The van der Waals surface area contributed by atoms with Crippen LogP contribution in [0.2, 0.25) is 0 Å². The first kappa shape index (κ1) is 14.5. The van der Waals surface area contributed by atoms with Crippen LogP contribution >= 0.6 is 0 Å². The van der Waals surface area contributed by atoms with Gasteiger partial charge in [0.1, 0.15) is 5.82 Å². The number of imidazole rings is 1. The number of nitrogens with one attached hydrogen (secondary N) is 1. The standard InChI is InChI=1S/C8H13N3.C2HF3O2/c9-7-2-1-6(5-7)8-10-3-4-11-8;3-2(4,5)1(6)7/h3-4,6-7H,1-2,5,9H2,(H,10,11);(H,6,7)/t6-,7-;/m0./s1. The van der Waals surface area contributed by atoms with Crippen molar-refractivity contribution in [3.8, 4) is 0 Å². The number of carboxylic acid groups (broad SMARTS) is 1. The summed E-state index contributed by atoms with van der Waals surface area (Å²) in [5.41, 5.74) is 5.79. The minimum Gasteiger partial charge on any atom is -0.475 e. The van der Waals surface area contributed by atoms with Gasteiger partial charge in [-0.2, -0.15) is 13.2 Å². The molecular formula is C10H14F3N3O2. The third kappa shape index (κ3) is 4.36. The van der Waals surface area contributed by atoms with Crippen molar-refractivity contribution in [2.24, 2.45) is 5.73 Å². The highest BCUT2D eigenvalue weighted by Gasteiger charge is 2.38. The van der Waals surface area contributed by atoms with Crippen LogP contribution in [0.15, 0.2) is 12.4 Å². The first-order chi connectivity index (χ1) is 8.30. The average molecular weight is 265 g/mol. The molecule has 4 N–H and O–H groups in total. The maximum atomic E-state index is 10.6. The molecule has 1 heterocycles. The van der Waals surface area contributed by atoms with Crippen LogP contribution in [0.3, 0.4) is 0 Å². The van der Waals surface area contributed by atoms with E-state index in [2.05, 4.69) is 9.97 Å². The summed E-state index contributed by atoms with van der Waals surface area (Å²) in [6.45, 7) is 0. The maximum Gasteiger partial charge on any atom is 0.490 e. The second-order valence-corrected chi connectivity index (χ2v) is 4.05. The lowest BCUT2D eigenvalue weighted by molar-refractivity contribution is -0.192. The minimum absolute atomic E-state index is 0.394. The molecule has 0 radical (unpaired) electrons. The number of carboxylic acids is 1. The molecule has 1 fully saturated rings. The average Bonchev–Trinajstić information content (AvgIpc) is 2.86. The molecule has 0 saturated heterocycles. The molecule has 1 aliphatic carbocycles. The largest absolute Gasteiger partial charge is 0.490 e. The third-order valence-electron chi connectivity index (χ3n) is 2.62. The van der Waals surface area contributed by atoms with Crippen molar-refractivity contribution in [1.29, 1.82) is 0 Å². The lowest BCUT2D eigenvalue weighted by Crippen LogP contribution is -2.21. The van der Waals surface area contributed by atoms with Crippen LogP contribution in [-0.4, -0.2) is 33.3 Å². The van der Waals surface area contributed by atoms with Gasteiger partial charge in [0.25, 0.3) is 0 Å². The number of halogens is 3. The van der Waals surface area contributed by atoms with E-state index in [1.54, 1.807) is 6.20 Å². The Hall–Kier alpha value is -1.57. The summed E-state index contributed by atoms with van der Waals surface area (Å²) in [4.78, 5) is 16.3. The molecule has 102 valence electrons. The topological polar surface area (TPSA) is 92.0 Å². The Kier molecular flexibility index (Phi) is 4.71. The van der Waals surface area contributed by atoms with Crippen molar-refractivity contribution in [1.82, 2.24) is 9.97 Å². The summed E-state index contributed by atoms with van der Waals surface area (Å²) >= 11 is 0. The molecule has 1 aromatic heterocycles. The highest BCUT2D eigenvalue weighted by atomic mass is 19.4. The van der Waals surface area contributed by atoms with Crippen molar-refractivity contribution in [2.45, 2.75) is 37.4 Å². The van der Waals surface area contributed by atoms with E-state index in [0.29, 0.717) is 12.0 Å². The summed E-state index contributed by atoms with van der Waals surface area (Å²) in [6, 6.07) is 0.394. The molecule has 1 aromatic rings. The van der Waals surface area contributed by atoms with Gasteiger partial charge in [0.2, 0.25) is 0 Å². The summed E-state index contributed by atoms with van der Waals surface area (Å²) in [7, 11) is 0. The summed E-state index contributed by atoms with van der Waals surface area (Å²) < 4.78 is 31.7. The Morgan fingerprint density at radius 2 is 2.11 bits per heavy atom. The van der Waals surface area contributed by atoms with E-state index < -0.39 is 12.1 Å². The van der Waals surface area contributed by atoms with Crippen molar-refractivity contribution in [3.05, 3.63) is 18.2 Å². The zero-order valence-electron chi connectivity index (χ0n) is 9.44. The monoisotopic (exact) mass is 265 g/mol. The van der Waals surface area contributed by atoms with Crippen LogP contribution in [0.1, 0.15) is 31.0 Å². The van der Waals surface area contributed by atoms with Crippen LogP contribution in [0.25, 0.3) is 0 Å². The van der Waals surface area contributed by atoms with Crippen molar-refractivity contribution >= 4 is 5.97 Å². The van der Waals surface area contributed by atoms with Crippen LogP contribution in [0, 0.1) is 0 Å². The van der Waals surface area contributed by atoms with Gasteiger partial charge in [0.15, 0.2) is 0 Å². The number of rotatable bonds is 1. The van der Waals surface area contributed by atoms with Crippen LogP contribution < -0.4 is 5.73 Å².